The summed E-state index contributed by atoms with van der Waals surface area (Å²) in [5.74, 6) is 0.136. The zero-order valence-corrected chi connectivity index (χ0v) is 26.9. The number of amides is 4. The number of nitrogens with zero attached hydrogens (tertiary/aromatic N) is 3. The Morgan fingerprint density at radius 3 is 2.64 bits per heavy atom. The van der Waals surface area contributed by atoms with Gasteiger partial charge in [-0.3, -0.25) is 9.59 Å². The second-order valence-electron chi connectivity index (χ2n) is 12.9. The van der Waals surface area contributed by atoms with Crippen LogP contribution >= 0.6 is 0 Å². The SMILES string of the molecule is C[C@H](CO)N1C[C@H](C)[C@H](CN(C)C(=O)NC2CCCCC2)Oc2ccc(NC(=O)Cc3cn(C)c4ccccc34)cc2CC1=O. The van der Waals surface area contributed by atoms with Crippen LogP contribution in [0.1, 0.15) is 57.1 Å². The van der Waals surface area contributed by atoms with Gasteiger partial charge in [0.2, 0.25) is 11.8 Å². The van der Waals surface area contributed by atoms with Crippen molar-refractivity contribution in [2.45, 2.75) is 77.0 Å². The van der Waals surface area contributed by atoms with E-state index < -0.39 is 6.10 Å². The number of aromatic nitrogens is 1. The van der Waals surface area contributed by atoms with Crippen molar-refractivity contribution >= 4 is 34.4 Å². The number of fused-ring (bicyclic) bond motifs is 2. The number of benzene rings is 2. The first-order valence-electron chi connectivity index (χ1n) is 16.2. The van der Waals surface area contributed by atoms with Gasteiger partial charge in [0.25, 0.3) is 0 Å². The van der Waals surface area contributed by atoms with Crippen LogP contribution in [0.2, 0.25) is 0 Å². The number of aliphatic hydroxyl groups excluding tert-OH is 1. The molecule has 3 aromatic rings. The van der Waals surface area contributed by atoms with Crippen LogP contribution < -0.4 is 15.4 Å². The Morgan fingerprint density at radius 1 is 1.13 bits per heavy atom. The molecule has 0 radical (unpaired) electrons. The summed E-state index contributed by atoms with van der Waals surface area (Å²) in [6, 6.07) is 13.1. The molecule has 0 saturated heterocycles. The lowest BCUT2D eigenvalue weighted by Gasteiger charge is -2.34. The molecule has 2 aliphatic rings. The number of nitrogens with one attached hydrogen (secondary N) is 2. The second kappa shape index (κ2) is 14.4. The molecule has 1 aliphatic carbocycles. The summed E-state index contributed by atoms with van der Waals surface area (Å²) in [4.78, 5) is 43.2. The smallest absolute Gasteiger partial charge is 0.317 e. The highest BCUT2D eigenvalue weighted by molar-refractivity contribution is 5.96. The Kier molecular flexibility index (Phi) is 10.3. The van der Waals surface area contributed by atoms with Crippen molar-refractivity contribution < 1.29 is 24.2 Å². The van der Waals surface area contributed by atoms with Crippen LogP contribution in [-0.2, 0) is 29.5 Å². The average molecular weight is 618 g/mol. The molecule has 0 unspecified atom stereocenters. The van der Waals surface area contributed by atoms with Crippen molar-refractivity contribution in [3.05, 3.63) is 59.8 Å². The fourth-order valence-corrected chi connectivity index (χ4v) is 6.55. The molecule has 45 heavy (non-hydrogen) atoms. The fraction of sp³-hybridized carbons (Fsp3) is 0.514. The number of hydrogen-bond acceptors (Lipinski definition) is 5. The van der Waals surface area contributed by atoms with E-state index in [2.05, 4.69) is 10.6 Å². The molecule has 3 N–H and O–H groups in total. The molecule has 4 amide bonds. The van der Waals surface area contributed by atoms with Crippen LogP contribution in [0, 0.1) is 5.92 Å². The zero-order chi connectivity index (χ0) is 32.1. The fourth-order valence-electron chi connectivity index (χ4n) is 6.55. The predicted molar refractivity (Wildman–Crippen MR) is 175 cm³/mol. The maximum Gasteiger partial charge on any atom is 0.317 e. The van der Waals surface area contributed by atoms with Gasteiger partial charge >= 0.3 is 6.03 Å². The van der Waals surface area contributed by atoms with Crippen molar-refractivity contribution in [2.24, 2.45) is 13.0 Å². The van der Waals surface area contributed by atoms with E-state index in [-0.39, 0.29) is 55.3 Å². The summed E-state index contributed by atoms with van der Waals surface area (Å²) in [6.45, 7) is 4.39. The van der Waals surface area contributed by atoms with Gasteiger partial charge < -0.3 is 34.8 Å². The maximum absolute atomic E-state index is 13.6. The number of para-hydroxylation sites is 1. The minimum atomic E-state index is -0.406. The minimum Gasteiger partial charge on any atom is -0.488 e. The van der Waals surface area contributed by atoms with Crippen molar-refractivity contribution in [3.8, 4) is 5.75 Å². The number of carbonyl (C=O) groups is 3. The molecule has 1 saturated carbocycles. The number of aliphatic hydroxyl groups is 1. The molecule has 1 aromatic heterocycles. The highest BCUT2D eigenvalue weighted by atomic mass is 16.5. The number of likely N-dealkylation sites (N-methyl/N-ethyl adjacent to an activating group) is 1. The van der Waals surface area contributed by atoms with Gasteiger partial charge in [-0.1, -0.05) is 44.4 Å². The van der Waals surface area contributed by atoms with Gasteiger partial charge in [0, 0.05) is 61.0 Å². The summed E-state index contributed by atoms with van der Waals surface area (Å²) in [6.07, 6.45) is 7.32. The quantitative estimate of drug-likeness (QED) is 0.345. The van der Waals surface area contributed by atoms with E-state index in [9.17, 15) is 19.5 Å². The maximum atomic E-state index is 13.6. The number of urea groups is 1. The largest absolute Gasteiger partial charge is 0.488 e. The molecule has 10 nitrogen and oxygen atoms in total. The molecular formula is C35H47N5O5. The van der Waals surface area contributed by atoms with E-state index in [1.54, 1.807) is 35.0 Å². The Hall–Kier alpha value is -4.05. The van der Waals surface area contributed by atoms with Crippen LogP contribution in [0.3, 0.4) is 0 Å². The van der Waals surface area contributed by atoms with E-state index in [1.807, 2.05) is 55.9 Å². The average Bonchev–Trinajstić information content (AvgIpc) is 3.36. The molecule has 3 atom stereocenters. The molecule has 5 rings (SSSR count). The first kappa shape index (κ1) is 32.3. The summed E-state index contributed by atoms with van der Waals surface area (Å²) < 4.78 is 8.59. The van der Waals surface area contributed by atoms with Gasteiger partial charge in [0.15, 0.2) is 0 Å². The van der Waals surface area contributed by atoms with Crippen LogP contribution in [0.5, 0.6) is 5.75 Å². The lowest BCUT2D eigenvalue weighted by Crippen LogP contribution is -2.50. The first-order valence-corrected chi connectivity index (χ1v) is 16.2. The molecule has 242 valence electrons. The van der Waals surface area contributed by atoms with Gasteiger partial charge in [-0.25, -0.2) is 4.79 Å². The third kappa shape index (κ3) is 7.79. The van der Waals surface area contributed by atoms with Crippen molar-refractivity contribution in [2.75, 3.05) is 32.1 Å². The lowest BCUT2D eigenvalue weighted by atomic mass is 9.96. The predicted octanol–water partition coefficient (Wildman–Crippen LogP) is 4.48. The summed E-state index contributed by atoms with van der Waals surface area (Å²) in [5, 5.41) is 17.2. The lowest BCUT2D eigenvalue weighted by molar-refractivity contribution is -0.134. The molecule has 0 spiro atoms. The van der Waals surface area contributed by atoms with E-state index >= 15 is 0 Å². The summed E-state index contributed by atoms with van der Waals surface area (Å²) in [7, 11) is 3.74. The summed E-state index contributed by atoms with van der Waals surface area (Å²) >= 11 is 0. The second-order valence-corrected chi connectivity index (χ2v) is 12.9. The van der Waals surface area contributed by atoms with Crippen LogP contribution in [-0.4, -0.2) is 82.3 Å². The normalized spacial score (nSPS) is 19.9. The summed E-state index contributed by atoms with van der Waals surface area (Å²) in [5.41, 5.74) is 3.22. The van der Waals surface area contributed by atoms with E-state index in [0.29, 0.717) is 30.1 Å². The molecule has 10 heteroatoms. The number of hydrogen-bond donors (Lipinski definition) is 3. The van der Waals surface area contributed by atoms with Gasteiger partial charge in [-0.2, -0.15) is 0 Å². The number of ether oxygens (including phenoxy) is 1. The van der Waals surface area contributed by atoms with E-state index in [1.165, 1.54) is 6.42 Å². The monoisotopic (exact) mass is 617 g/mol. The molecule has 1 aliphatic heterocycles. The first-order chi connectivity index (χ1) is 21.6. The van der Waals surface area contributed by atoms with Crippen LogP contribution in [0.25, 0.3) is 10.9 Å². The number of rotatable bonds is 8. The number of anilines is 1. The number of carbonyl (C=O) groups excluding carboxylic acids is 3. The van der Waals surface area contributed by atoms with Gasteiger partial charge in [-0.15, -0.1) is 0 Å². The van der Waals surface area contributed by atoms with Crippen LogP contribution in [0.15, 0.2) is 48.7 Å². The van der Waals surface area contributed by atoms with E-state index in [0.717, 1.165) is 42.1 Å². The number of aryl methyl sites for hydroxylation is 1. The Bertz CT molecular complexity index is 1510. The Balaban J connectivity index is 1.34. The molecular weight excluding hydrogens is 570 g/mol. The molecule has 2 aromatic carbocycles. The standard InChI is InChI=1S/C35H47N5O5/c1-23-19-40(24(2)22-41)34(43)18-25-16-28(36-33(42)17-26-20-38(3)30-13-9-8-12-29(26)30)14-15-31(25)45-32(23)21-39(4)35(44)37-27-10-6-5-7-11-27/h8-9,12-16,20,23-24,27,32,41H,5-7,10-11,17-19,21-22H2,1-4H3,(H,36,42)(H,37,44)/t23-,24+,32-/m0/s1. The topological polar surface area (TPSA) is 116 Å². The zero-order valence-electron chi connectivity index (χ0n) is 26.9. The molecule has 2 heterocycles. The van der Waals surface area contributed by atoms with Crippen molar-refractivity contribution in [3.63, 3.8) is 0 Å². The van der Waals surface area contributed by atoms with Crippen molar-refractivity contribution in [1.29, 1.82) is 0 Å². The van der Waals surface area contributed by atoms with E-state index in [4.69, 9.17) is 4.74 Å². The van der Waals surface area contributed by atoms with Crippen molar-refractivity contribution in [1.82, 2.24) is 19.7 Å². The molecule has 1 fully saturated rings. The highest BCUT2D eigenvalue weighted by Crippen LogP contribution is 2.30. The van der Waals surface area contributed by atoms with Gasteiger partial charge in [0.05, 0.1) is 32.0 Å². The third-order valence-electron chi connectivity index (χ3n) is 9.26. The van der Waals surface area contributed by atoms with Crippen LogP contribution in [0.4, 0.5) is 10.5 Å². The van der Waals surface area contributed by atoms with Gasteiger partial charge in [0.1, 0.15) is 11.9 Å². The minimum absolute atomic E-state index is 0.0597. The Morgan fingerprint density at radius 2 is 1.89 bits per heavy atom. The molecule has 0 bridgehead atoms. The third-order valence-corrected chi connectivity index (χ3v) is 9.26. The van der Waals surface area contributed by atoms with Gasteiger partial charge in [-0.05, 0) is 49.6 Å². The Labute approximate surface area is 265 Å². The highest BCUT2D eigenvalue weighted by Gasteiger charge is 2.32.